The van der Waals surface area contributed by atoms with Gasteiger partial charge in [-0.1, -0.05) is 6.07 Å². The van der Waals surface area contributed by atoms with Crippen molar-refractivity contribution in [2.24, 2.45) is 7.05 Å². The van der Waals surface area contributed by atoms with Crippen molar-refractivity contribution < 1.29 is 14.5 Å². The number of rotatable bonds is 5. The van der Waals surface area contributed by atoms with Crippen LogP contribution in [0, 0.1) is 24.0 Å². The Morgan fingerprint density at radius 3 is 2.67 bits per heavy atom. The number of carbonyl (C=O) groups excluding carboxylic acids is 1. The Bertz CT molecular complexity index is 704. The number of hydrogen-bond donors (Lipinski definition) is 0. The lowest BCUT2D eigenvalue weighted by Crippen LogP contribution is -2.15. The average molecular weight is 288 g/mol. The van der Waals surface area contributed by atoms with Gasteiger partial charge in [-0.05, 0) is 37.1 Å². The van der Waals surface area contributed by atoms with Crippen molar-refractivity contribution in [2.75, 3.05) is 6.61 Å². The number of ketones is 1. The van der Waals surface area contributed by atoms with Crippen molar-refractivity contribution in [3.05, 3.63) is 57.4 Å². The summed E-state index contributed by atoms with van der Waals surface area (Å²) >= 11 is 0. The van der Waals surface area contributed by atoms with E-state index in [1.165, 1.54) is 6.07 Å². The van der Waals surface area contributed by atoms with Crippen LogP contribution < -0.4 is 4.74 Å². The maximum Gasteiger partial charge on any atom is 0.311 e. The first-order valence-corrected chi connectivity index (χ1v) is 6.43. The number of carbonyl (C=O) groups is 1. The van der Waals surface area contributed by atoms with E-state index < -0.39 is 4.92 Å². The SMILES string of the molecule is Cc1cc(C)c(OCC(=O)c2cccn2C)c([N+](=O)[O-])c1. The summed E-state index contributed by atoms with van der Waals surface area (Å²) in [5.41, 5.74) is 1.80. The molecular weight excluding hydrogens is 272 g/mol. The summed E-state index contributed by atoms with van der Waals surface area (Å²) in [7, 11) is 1.76. The van der Waals surface area contributed by atoms with Crippen LogP contribution in [-0.4, -0.2) is 21.9 Å². The van der Waals surface area contributed by atoms with Gasteiger partial charge < -0.3 is 9.30 Å². The van der Waals surface area contributed by atoms with Gasteiger partial charge in [0.2, 0.25) is 11.5 Å². The van der Waals surface area contributed by atoms with E-state index in [9.17, 15) is 14.9 Å². The van der Waals surface area contributed by atoms with Crippen molar-refractivity contribution >= 4 is 11.5 Å². The molecule has 0 fully saturated rings. The fraction of sp³-hybridized carbons (Fsp3) is 0.267. The monoisotopic (exact) mass is 288 g/mol. The summed E-state index contributed by atoms with van der Waals surface area (Å²) in [6.45, 7) is 3.27. The molecule has 0 atom stereocenters. The molecule has 0 aliphatic heterocycles. The van der Waals surface area contributed by atoms with Gasteiger partial charge in [-0.3, -0.25) is 14.9 Å². The molecule has 0 saturated carbocycles. The summed E-state index contributed by atoms with van der Waals surface area (Å²) in [5, 5.41) is 11.1. The summed E-state index contributed by atoms with van der Waals surface area (Å²) < 4.78 is 7.10. The second kappa shape index (κ2) is 5.78. The molecule has 6 nitrogen and oxygen atoms in total. The van der Waals surface area contributed by atoms with Crippen LogP contribution in [0.15, 0.2) is 30.5 Å². The number of aromatic nitrogens is 1. The predicted molar refractivity (Wildman–Crippen MR) is 77.8 cm³/mol. The van der Waals surface area contributed by atoms with Crippen LogP contribution in [0.25, 0.3) is 0 Å². The smallest absolute Gasteiger partial charge is 0.311 e. The molecule has 1 aromatic heterocycles. The summed E-state index contributed by atoms with van der Waals surface area (Å²) in [6, 6.07) is 6.67. The Kier molecular flexibility index (Phi) is 4.07. The molecule has 0 amide bonds. The van der Waals surface area contributed by atoms with Crippen molar-refractivity contribution in [1.29, 1.82) is 0 Å². The Hall–Kier alpha value is -2.63. The van der Waals surface area contributed by atoms with Gasteiger partial charge in [0.15, 0.2) is 6.61 Å². The Balaban J connectivity index is 2.22. The number of benzene rings is 1. The molecule has 0 bridgehead atoms. The highest BCUT2D eigenvalue weighted by atomic mass is 16.6. The highest BCUT2D eigenvalue weighted by Crippen LogP contribution is 2.32. The standard InChI is InChI=1S/C15H16N2O4/c1-10-7-11(2)15(13(8-10)17(19)20)21-9-14(18)12-5-4-6-16(12)3/h4-8H,9H2,1-3H3. The zero-order valence-corrected chi connectivity index (χ0v) is 12.1. The Labute approximate surface area is 122 Å². The zero-order chi connectivity index (χ0) is 15.6. The topological polar surface area (TPSA) is 74.4 Å². The Morgan fingerprint density at radius 1 is 1.38 bits per heavy atom. The number of ether oxygens (including phenoxy) is 1. The molecular formula is C15H16N2O4. The predicted octanol–water partition coefficient (Wildman–Crippen LogP) is 2.81. The number of nitro groups is 1. The van der Waals surface area contributed by atoms with Gasteiger partial charge in [-0.25, -0.2) is 0 Å². The van der Waals surface area contributed by atoms with Crippen LogP contribution in [0.4, 0.5) is 5.69 Å². The van der Waals surface area contributed by atoms with Crippen LogP contribution in [0.2, 0.25) is 0 Å². The molecule has 0 spiro atoms. The van der Waals surface area contributed by atoms with Gasteiger partial charge in [-0.15, -0.1) is 0 Å². The van der Waals surface area contributed by atoms with E-state index in [2.05, 4.69) is 0 Å². The maximum absolute atomic E-state index is 12.0. The lowest BCUT2D eigenvalue weighted by atomic mass is 10.1. The number of aryl methyl sites for hydroxylation is 3. The van der Waals surface area contributed by atoms with Gasteiger partial charge in [0.25, 0.3) is 0 Å². The molecule has 0 saturated heterocycles. The van der Waals surface area contributed by atoms with Crippen LogP contribution in [0.1, 0.15) is 21.6 Å². The lowest BCUT2D eigenvalue weighted by molar-refractivity contribution is -0.385. The third kappa shape index (κ3) is 3.10. The van der Waals surface area contributed by atoms with Crippen LogP contribution >= 0.6 is 0 Å². The molecule has 0 unspecified atom stereocenters. The lowest BCUT2D eigenvalue weighted by Gasteiger charge is -2.10. The summed E-state index contributed by atoms with van der Waals surface area (Å²) in [4.78, 5) is 22.6. The van der Waals surface area contributed by atoms with Crippen molar-refractivity contribution in [1.82, 2.24) is 4.57 Å². The minimum absolute atomic E-state index is 0.118. The zero-order valence-electron chi connectivity index (χ0n) is 12.1. The van der Waals surface area contributed by atoms with E-state index >= 15 is 0 Å². The number of nitro benzene ring substituents is 1. The van der Waals surface area contributed by atoms with E-state index in [1.807, 2.05) is 0 Å². The molecule has 2 rings (SSSR count). The minimum atomic E-state index is -0.498. The molecule has 6 heteroatoms. The number of nitrogens with zero attached hydrogens (tertiary/aromatic N) is 2. The molecule has 2 aromatic rings. The third-order valence-electron chi connectivity index (χ3n) is 3.17. The number of hydrogen-bond acceptors (Lipinski definition) is 4. The van der Waals surface area contributed by atoms with Gasteiger partial charge in [0.1, 0.15) is 0 Å². The molecule has 21 heavy (non-hydrogen) atoms. The fourth-order valence-corrected chi connectivity index (χ4v) is 2.22. The first-order valence-electron chi connectivity index (χ1n) is 6.43. The summed E-state index contributed by atoms with van der Waals surface area (Å²) in [5.74, 6) is -0.0788. The third-order valence-corrected chi connectivity index (χ3v) is 3.17. The minimum Gasteiger partial charge on any atom is -0.478 e. The highest BCUT2D eigenvalue weighted by Gasteiger charge is 2.20. The van der Waals surface area contributed by atoms with Crippen LogP contribution in [-0.2, 0) is 7.05 Å². The summed E-state index contributed by atoms with van der Waals surface area (Å²) in [6.07, 6.45) is 1.76. The van der Waals surface area contributed by atoms with E-state index in [4.69, 9.17) is 4.74 Å². The molecule has 110 valence electrons. The maximum atomic E-state index is 12.0. The highest BCUT2D eigenvalue weighted by molar-refractivity contribution is 5.95. The van der Waals surface area contributed by atoms with Crippen LogP contribution in [0.3, 0.4) is 0 Å². The fourth-order valence-electron chi connectivity index (χ4n) is 2.22. The first-order chi connectivity index (χ1) is 9.90. The normalized spacial score (nSPS) is 10.4. The largest absolute Gasteiger partial charge is 0.478 e. The molecule has 1 aromatic carbocycles. The van der Waals surface area contributed by atoms with Crippen molar-refractivity contribution in [3.63, 3.8) is 0 Å². The quantitative estimate of drug-likeness (QED) is 0.481. The molecule has 0 N–H and O–H groups in total. The molecule has 1 heterocycles. The van der Waals surface area contributed by atoms with E-state index in [0.29, 0.717) is 11.3 Å². The van der Waals surface area contributed by atoms with Gasteiger partial charge in [-0.2, -0.15) is 0 Å². The first kappa shape index (κ1) is 14.8. The molecule has 0 aliphatic carbocycles. The van der Waals surface area contributed by atoms with Crippen molar-refractivity contribution in [3.8, 4) is 5.75 Å². The van der Waals surface area contributed by atoms with E-state index in [-0.39, 0.29) is 23.8 Å². The van der Waals surface area contributed by atoms with E-state index in [0.717, 1.165) is 5.56 Å². The van der Waals surface area contributed by atoms with Crippen molar-refractivity contribution in [2.45, 2.75) is 13.8 Å². The second-order valence-electron chi connectivity index (χ2n) is 4.90. The molecule has 0 radical (unpaired) electrons. The van der Waals surface area contributed by atoms with Gasteiger partial charge in [0.05, 0.1) is 10.6 Å². The second-order valence-corrected chi connectivity index (χ2v) is 4.90. The van der Waals surface area contributed by atoms with Crippen LogP contribution in [0.5, 0.6) is 5.75 Å². The molecule has 0 aliphatic rings. The number of Topliss-reactive ketones (excluding diaryl/α,β-unsaturated/α-hetero) is 1. The Morgan fingerprint density at radius 2 is 2.10 bits per heavy atom. The van der Waals surface area contributed by atoms with Gasteiger partial charge >= 0.3 is 5.69 Å². The van der Waals surface area contributed by atoms with Gasteiger partial charge in [0, 0.05) is 19.3 Å². The van der Waals surface area contributed by atoms with E-state index in [1.54, 1.807) is 49.9 Å². The average Bonchev–Trinajstić information content (AvgIpc) is 2.82.